The number of ether oxygens (including phenoxy) is 1. The Morgan fingerprint density at radius 3 is 2.79 bits per heavy atom. The summed E-state index contributed by atoms with van der Waals surface area (Å²) in [5.41, 5.74) is 0.191. The number of amides is 1. The lowest BCUT2D eigenvalue weighted by molar-refractivity contribution is -0.125. The van der Waals surface area contributed by atoms with Gasteiger partial charge in [-0.1, -0.05) is 0 Å². The Balaban J connectivity index is 2.10. The summed E-state index contributed by atoms with van der Waals surface area (Å²) >= 11 is 0. The maximum atomic E-state index is 11.2. The van der Waals surface area contributed by atoms with E-state index in [1.165, 1.54) is 0 Å². The highest BCUT2D eigenvalue weighted by molar-refractivity contribution is 5.77. The molecule has 1 amide bonds. The molecule has 1 saturated carbocycles. The molecule has 4 nitrogen and oxygen atoms in total. The Morgan fingerprint density at radius 2 is 2.29 bits per heavy atom. The zero-order valence-corrected chi connectivity index (χ0v) is 8.71. The van der Waals surface area contributed by atoms with Crippen molar-refractivity contribution in [2.24, 2.45) is 5.41 Å². The maximum absolute atomic E-state index is 11.2. The van der Waals surface area contributed by atoms with Gasteiger partial charge in [0.15, 0.2) is 0 Å². The Bertz CT molecular complexity index is 190. The van der Waals surface area contributed by atoms with Gasteiger partial charge in [0.1, 0.15) is 6.61 Å². The first kappa shape index (κ1) is 11.5. The summed E-state index contributed by atoms with van der Waals surface area (Å²) in [6, 6.07) is 0. The largest absolute Gasteiger partial charge is 0.396 e. The van der Waals surface area contributed by atoms with E-state index in [-0.39, 0.29) is 24.5 Å². The van der Waals surface area contributed by atoms with E-state index in [0.717, 1.165) is 19.3 Å². The zero-order chi connectivity index (χ0) is 10.4. The van der Waals surface area contributed by atoms with Crippen LogP contribution in [0.25, 0.3) is 0 Å². The third-order valence-corrected chi connectivity index (χ3v) is 2.70. The maximum Gasteiger partial charge on any atom is 0.246 e. The number of hydrogen-bond donors (Lipinski definition) is 2. The van der Waals surface area contributed by atoms with Crippen LogP contribution in [-0.2, 0) is 9.53 Å². The molecule has 1 aliphatic rings. The smallest absolute Gasteiger partial charge is 0.246 e. The number of hydrogen-bond acceptors (Lipinski definition) is 3. The average molecular weight is 201 g/mol. The molecule has 0 aliphatic heterocycles. The molecule has 0 saturated heterocycles. The van der Waals surface area contributed by atoms with E-state index in [4.69, 9.17) is 9.84 Å². The van der Waals surface area contributed by atoms with Crippen LogP contribution < -0.4 is 5.32 Å². The topological polar surface area (TPSA) is 58.6 Å². The highest BCUT2D eigenvalue weighted by atomic mass is 16.5. The highest BCUT2D eigenvalue weighted by Crippen LogP contribution is 2.47. The van der Waals surface area contributed by atoms with Crippen LogP contribution in [0.1, 0.15) is 26.2 Å². The van der Waals surface area contributed by atoms with Crippen molar-refractivity contribution >= 4 is 5.91 Å². The van der Waals surface area contributed by atoms with Crippen LogP contribution >= 0.6 is 0 Å². The molecule has 0 aromatic heterocycles. The molecule has 0 aromatic rings. The standard InChI is InChI=1S/C10H19NO3/c1-2-14-7-9(13)11-8-10(3-4-10)5-6-12/h12H,2-8H2,1H3,(H,11,13). The van der Waals surface area contributed by atoms with Gasteiger partial charge >= 0.3 is 0 Å². The van der Waals surface area contributed by atoms with Crippen LogP contribution in [0.5, 0.6) is 0 Å². The fourth-order valence-electron chi connectivity index (χ4n) is 1.46. The van der Waals surface area contributed by atoms with Gasteiger partial charge < -0.3 is 15.2 Å². The first-order valence-corrected chi connectivity index (χ1v) is 5.18. The Kier molecular flexibility index (Phi) is 4.35. The van der Waals surface area contributed by atoms with Crippen LogP contribution in [0.15, 0.2) is 0 Å². The molecular weight excluding hydrogens is 182 g/mol. The predicted molar refractivity (Wildman–Crippen MR) is 52.9 cm³/mol. The lowest BCUT2D eigenvalue weighted by Crippen LogP contribution is -2.33. The fraction of sp³-hybridized carbons (Fsp3) is 0.900. The minimum Gasteiger partial charge on any atom is -0.396 e. The van der Waals surface area contributed by atoms with Gasteiger partial charge in [0.25, 0.3) is 0 Å². The third-order valence-electron chi connectivity index (χ3n) is 2.70. The van der Waals surface area contributed by atoms with Crippen molar-refractivity contribution in [1.29, 1.82) is 0 Å². The van der Waals surface area contributed by atoms with Crippen LogP contribution in [0, 0.1) is 5.41 Å². The summed E-state index contributed by atoms with van der Waals surface area (Å²) in [6.07, 6.45) is 3.02. The normalized spacial score (nSPS) is 17.9. The van der Waals surface area contributed by atoms with Crippen molar-refractivity contribution in [2.45, 2.75) is 26.2 Å². The number of carbonyl (C=O) groups is 1. The summed E-state index contributed by atoms with van der Waals surface area (Å²) in [4.78, 5) is 11.2. The summed E-state index contributed by atoms with van der Waals surface area (Å²) in [7, 11) is 0. The predicted octanol–water partition coefficient (Wildman–Crippen LogP) is 0.302. The van der Waals surface area contributed by atoms with E-state index in [9.17, 15) is 4.79 Å². The van der Waals surface area contributed by atoms with Gasteiger partial charge in [-0.2, -0.15) is 0 Å². The summed E-state index contributed by atoms with van der Waals surface area (Å²) < 4.78 is 4.98. The zero-order valence-electron chi connectivity index (χ0n) is 8.71. The van der Waals surface area contributed by atoms with Crippen LogP contribution in [-0.4, -0.2) is 37.4 Å². The molecule has 0 heterocycles. The van der Waals surface area contributed by atoms with Crippen molar-refractivity contribution < 1.29 is 14.6 Å². The van der Waals surface area contributed by atoms with Crippen LogP contribution in [0.3, 0.4) is 0 Å². The number of aliphatic hydroxyl groups excluding tert-OH is 1. The van der Waals surface area contributed by atoms with E-state index in [1.54, 1.807) is 0 Å². The van der Waals surface area contributed by atoms with Crippen molar-refractivity contribution in [3.63, 3.8) is 0 Å². The van der Waals surface area contributed by atoms with Gasteiger partial charge in [0.05, 0.1) is 0 Å². The summed E-state index contributed by atoms with van der Waals surface area (Å²) in [6.45, 7) is 3.46. The Morgan fingerprint density at radius 1 is 1.57 bits per heavy atom. The molecule has 0 unspecified atom stereocenters. The quantitative estimate of drug-likeness (QED) is 0.623. The van der Waals surface area contributed by atoms with Gasteiger partial charge in [-0.05, 0) is 31.6 Å². The molecule has 0 atom stereocenters. The summed E-state index contributed by atoms with van der Waals surface area (Å²) in [5, 5.41) is 11.6. The first-order chi connectivity index (χ1) is 6.72. The minimum atomic E-state index is -0.0592. The minimum absolute atomic E-state index is 0.0592. The molecule has 14 heavy (non-hydrogen) atoms. The molecule has 2 N–H and O–H groups in total. The van der Waals surface area contributed by atoms with E-state index in [0.29, 0.717) is 13.2 Å². The van der Waals surface area contributed by atoms with E-state index in [2.05, 4.69) is 5.32 Å². The van der Waals surface area contributed by atoms with Crippen LogP contribution in [0.2, 0.25) is 0 Å². The molecule has 0 radical (unpaired) electrons. The molecule has 0 aromatic carbocycles. The lowest BCUT2D eigenvalue weighted by Gasteiger charge is -2.14. The lowest BCUT2D eigenvalue weighted by atomic mass is 10.0. The van der Waals surface area contributed by atoms with Crippen molar-refractivity contribution in [1.82, 2.24) is 5.32 Å². The molecule has 82 valence electrons. The SMILES string of the molecule is CCOCC(=O)NCC1(CCO)CC1. The molecule has 1 fully saturated rings. The molecule has 0 bridgehead atoms. The second-order valence-corrected chi connectivity index (χ2v) is 3.89. The van der Waals surface area contributed by atoms with Crippen LogP contribution in [0.4, 0.5) is 0 Å². The molecule has 1 aliphatic carbocycles. The van der Waals surface area contributed by atoms with Gasteiger partial charge in [-0.15, -0.1) is 0 Å². The second kappa shape index (κ2) is 5.32. The van der Waals surface area contributed by atoms with Gasteiger partial charge in [0, 0.05) is 19.8 Å². The van der Waals surface area contributed by atoms with Crippen molar-refractivity contribution in [2.75, 3.05) is 26.4 Å². The van der Waals surface area contributed by atoms with E-state index >= 15 is 0 Å². The van der Waals surface area contributed by atoms with E-state index < -0.39 is 0 Å². The van der Waals surface area contributed by atoms with E-state index in [1.807, 2.05) is 6.92 Å². The Labute approximate surface area is 84.6 Å². The van der Waals surface area contributed by atoms with Crippen molar-refractivity contribution in [3.8, 4) is 0 Å². The Hall–Kier alpha value is -0.610. The highest BCUT2D eigenvalue weighted by Gasteiger charge is 2.41. The molecular formula is C10H19NO3. The average Bonchev–Trinajstić information content (AvgIpc) is 2.93. The molecule has 1 rings (SSSR count). The number of carbonyl (C=O) groups excluding carboxylic acids is 1. The fourth-order valence-corrected chi connectivity index (χ4v) is 1.46. The number of rotatable bonds is 7. The second-order valence-electron chi connectivity index (χ2n) is 3.89. The first-order valence-electron chi connectivity index (χ1n) is 5.18. The number of aliphatic hydroxyl groups is 1. The summed E-state index contributed by atoms with van der Waals surface area (Å²) in [5.74, 6) is -0.0592. The number of nitrogens with one attached hydrogen (secondary N) is 1. The molecule has 4 heteroatoms. The van der Waals surface area contributed by atoms with Gasteiger partial charge in [-0.3, -0.25) is 4.79 Å². The molecule has 0 spiro atoms. The monoisotopic (exact) mass is 201 g/mol. The van der Waals surface area contributed by atoms with Crippen molar-refractivity contribution in [3.05, 3.63) is 0 Å². The third kappa shape index (κ3) is 3.64. The van der Waals surface area contributed by atoms with Gasteiger partial charge in [0.2, 0.25) is 5.91 Å². The van der Waals surface area contributed by atoms with Gasteiger partial charge in [-0.25, -0.2) is 0 Å².